The van der Waals surface area contributed by atoms with Crippen molar-refractivity contribution in [3.05, 3.63) is 28.5 Å². The van der Waals surface area contributed by atoms with Crippen molar-refractivity contribution in [2.75, 3.05) is 18.5 Å². The smallest absolute Gasteiger partial charge is 0.344 e. The van der Waals surface area contributed by atoms with Gasteiger partial charge in [-0.05, 0) is 34.6 Å². The highest BCUT2D eigenvalue weighted by atomic mass is 16.5. The van der Waals surface area contributed by atoms with Crippen LogP contribution in [0.2, 0.25) is 0 Å². The lowest BCUT2D eigenvalue weighted by Gasteiger charge is -2.06. The molecule has 0 fully saturated rings. The lowest BCUT2D eigenvalue weighted by molar-refractivity contribution is -0.142. The van der Waals surface area contributed by atoms with Crippen LogP contribution in [-0.4, -0.2) is 36.8 Å². The maximum atomic E-state index is 12.1. The molecule has 0 saturated heterocycles. The molecule has 136 valence electrons. The van der Waals surface area contributed by atoms with Gasteiger partial charge >= 0.3 is 11.9 Å². The Hall–Kier alpha value is -2.90. The summed E-state index contributed by atoms with van der Waals surface area (Å²) in [5, 5.41) is 2.32. The van der Waals surface area contributed by atoms with Crippen LogP contribution in [0.25, 0.3) is 0 Å². The van der Waals surface area contributed by atoms with E-state index in [1.807, 2.05) is 0 Å². The second-order valence-corrected chi connectivity index (χ2v) is 5.39. The highest BCUT2D eigenvalue weighted by Crippen LogP contribution is 2.28. The summed E-state index contributed by atoms with van der Waals surface area (Å²) in [7, 11) is 0. The maximum Gasteiger partial charge on any atom is 0.344 e. The normalized spacial score (nSPS) is 9.96. The molecular formula is C17H21NO7. The highest BCUT2D eigenvalue weighted by Gasteiger charge is 2.28. The number of carbonyl (C=O) groups excluding carboxylic acids is 4. The summed E-state index contributed by atoms with van der Waals surface area (Å²) in [5.41, 5.74) is 0.605. The number of esters is 2. The van der Waals surface area contributed by atoms with Gasteiger partial charge in [0.05, 0.1) is 12.2 Å². The molecule has 0 aromatic carbocycles. The molecule has 0 bridgehead atoms. The average Bonchev–Trinajstić information content (AvgIpc) is 2.81. The van der Waals surface area contributed by atoms with Crippen molar-refractivity contribution < 1.29 is 33.1 Å². The SMILES string of the molecule is CCOC(=O)c1c(NC(=O)COC(=O)C=C(C)C)oc(C)c1C(C)=O. The molecule has 1 aromatic rings. The van der Waals surface area contributed by atoms with E-state index in [-0.39, 0.29) is 29.4 Å². The van der Waals surface area contributed by atoms with Gasteiger partial charge in [0, 0.05) is 6.08 Å². The Kier molecular flexibility index (Phi) is 7.10. The van der Waals surface area contributed by atoms with E-state index in [0.29, 0.717) is 0 Å². The van der Waals surface area contributed by atoms with E-state index >= 15 is 0 Å². The van der Waals surface area contributed by atoms with Gasteiger partial charge in [-0.2, -0.15) is 0 Å². The first-order chi connectivity index (χ1) is 11.7. The minimum Gasteiger partial charge on any atom is -0.462 e. The van der Waals surface area contributed by atoms with Crippen LogP contribution in [0.15, 0.2) is 16.1 Å². The van der Waals surface area contributed by atoms with E-state index in [2.05, 4.69) is 5.32 Å². The first-order valence-electron chi connectivity index (χ1n) is 7.60. The number of nitrogens with one attached hydrogen (secondary N) is 1. The molecule has 8 nitrogen and oxygen atoms in total. The van der Waals surface area contributed by atoms with Crippen molar-refractivity contribution >= 4 is 29.5 Å². The first kappa shape index (κ1) is 20.1. The molecule has 1 heterocycles. The summed E-state index contributed by atoms with van der Waals surface area (Å²) < 4.78 is 15.0. The molecule has 0 spiro atoms. The van der Waals surface area contributed by atoms with Gasteiger partial charge in [0.1, 0.15) is 11.3 Å². The fourth-order valence-electron chi connectivity index (χ4n) is 2.03. The number of Topliss-reactive ketones (excluding diaryl/α,β-unsaturated/α-hetero) is 1. The molecule has 25 heavy (non-hydrogen) atoms. The van der Waals surface area contributed by atoms with Gasteiger partial charge in [-0.15, -0.1) is 0 Å². The maximum absolute atomic E-state index is 12.1. The number of allylic oxidation sites excluding steroid dienone is 1. The van der Waals surface area contributed by atoms with Gasteiger partial charge < -0.3 is 13.9 Å². The van der Waals surface area contributed by atoms with Gasteiger partial charge in [-0.3, -0.25) is 14.9 Å². The lowest BCUT2D eigenvalue weighted by Crippen LogP contribution is -2.21. The molecule has 0 aliphatic rings. The van der Waals surface area contributed by atoms with Crippen LogP contribution in [0.3, 0.4) is 0 Å². The average molecular weight is 351 g/mol. The Morgan fingerprint density at radius 1 is 1.08 bits per heavy atom. The molecule has 1 aromatic heterocycles. The van der Waals surface area contributed by atoms with Gasteiger partial charge in [0.25, 0.3) is 5.91 Å². The Bertz CT molecular complexity index is 724. The number of amides is 1. The minimum atomic E-state index is -0.790. The van der Waals surface area contributed by atoms with E-state index in [9.17, 15) is 19.2 Å². The first-order valence-corrected chi connectivity index (χ1v) is 7.60. The van der Waals surface area contributed by atoms with Crippen LogP contribution in [0.5, 0.6) is 0 Å². The van der Waals surface area contributed by atoms with Crippen molar-refractivity contribution in [1.82, 2.24) is 0 Å². The van der Waals surface area contributed by atoms with E-state index < -0.39 is 30.2 Å². The zero-order chi connectivity index (χ0) is 19.1. The van der Waals surface area contributed by atoms with Crippen LogP contribution >= 0.6 is 0 Å². The van der Waals surface area contributed by atoms with Crippen molar-refractivity contribution in [3.63, 3.8) is 0 Å². The van der Waals surface area contributed by atoms with Crippen molar-refractivity contribution in [1.29, 1.82) is 0 Å². The van der Waals surface area contributed by atoms with Crippen molar-refractivity contribution in [3.8, 4) is 0 Å². The second-order valence-electron chi connectivity index (χ2n) is 5.39. The highest BCUT2D eigenvalue weighted by molar-refractivity contribution is 6.10. The third-order valence-corrected chi connectivity index (χ3v) is 2.92. The Morgan fingerprint density at radius 2 is 1.72 bits per heavy atom. The van der Waals surface area contributed by atoms with Crippen LogP contribution in [0.4, 0.5) is 5.88 Å². The predicted molar refractivity (Wildman–Crippen MR) is 88.4 cm³/mol. The summed E-state index contributed by atoms with van der Waals surface area (Å²) in [6.07, 6.45) is 1.24. The fraction of sp³-hybridized carbons (Fsp3) is 0.412. The molecule has 0 radical (unpaired) electrons. The number of rotatable bonds is 7. The number of hydrogen-bond donors (Lipinski definition) is 1. The molecule has 0 saturated carbocycles. The van der Waals surface area contributed by atoms with E-state index in [1.54, 1.807) is 20.8 Å². The number of ether oxygens (including phenoxy) is 2. The number of carbonyl (C=O) groups is 4. The number of anilines is 1. The van der Waals surface area contributed by atoms with E-state index in [1.165, 1.54) is 19.9 Å². The Morgan fingerprint density at radius 3 is 2.24 bits per heavy atom. The molecule has 0 atom stereocenters. The number of hydrogen-bond acceptors (Lipinski definition) is 7. The third-order valence-electron chi connectivity index (χ3n) is 2.92. The zero-order valence-corrected chi connectivity index (χ0v) is 14.8. The molecule has 1 rings (SSSR count). The number of ketones is 1. The summed E-state index contributed by atoms with van der Waals surface area (Å²) in [6.45, 7) is 7.31. The lowest BCUT2D eigenvalue weighted by atomic mass is 10.1. The summed E-state index contributed by atoms with van der Waals surface area (Å²) in [6, 6.07) is 0. The molecule has 8 heteroatoms. The minimum absolute atomic E-state index is 0.0373. The number of furan rings is 1. The zero-order valence-electron chi connectivity index (χ0n) is 14.8. The molecule has 0 aliphatic carbocycles. The fourth-order valence-corrected chi connectivity index (χ4v) is 2.03. The quantitative estimate of drug-likeness (QED) is 0.456. The molecule has 0 unspecified atom stereocenters. The van der Waals surface area contributed by atoms with Crippen LogP contribution in [-0.2, 0) is 19.1 Å². The Balaban J connectivity index is 2.98. The Labute approximate surface area is 145 Å². The van der Waals surface area contributed by atoms with Crippen molar-refractivity contribution in [2.45, 2.75) is 34.6 Å². The van der Waals surface area contributed by atoms with Gasteiger partial charge in [0.15, 0.2) is 12.4 Å². The summed E-state index contributed by atoms with van der Waals surface area (Å²) in [5.74, 6) is -2.62. The van der Waals surface area contributed by atoms with Gasteiger partial charge in [-0.1, -0.05) is 5.57 Å². The largest absolute Gasteiger partial charge is 0.462 e. The van der Waals surface area contributed by atoms with Crippen LogP contribution < -0.4 is 5.32 Å². The van der Waals surface area contributed by atoms with Crippen LogP contribution in [0.1, 0.15) is 54.2 Å². The second kappa shape index (κ2) is 8.81. The molecular weight excluding hydrogens is 330 g/mol. The van der Waals surface area contributed by atoms with Crippen LogP contribution in [0, 0.1) is 6.92 Å². The van der Waals surface area contributed by atoms with Crippen molar-refractivity contribution in [2.24, 2.45) is 0 Å². The molecule has 1 N–H and O–H groups in total. The predicted octanol–water partition coefficient (Wildman–Crippen LogP) is 2.42. The standard InChI is InChI=1S/C17H21NO7/c1-6-23-17(22)15-14(10(4)19)11(5)25-16(15)18-12(20)8-24-13(21)7-9(2)3/h7H,6,8H2,1-5H3,(H,18,20). The van der Waals surface area contributed by atoms with E-state index in [0.717, 1.165) is 5.57 Å². The molecule has 0 aliphatic heterocycles. The topological polar surface area (TPSA) is 112 Å². The summed E-state index contributed by atoms with van der Waals surface area (Å²) in [4.78, 5) is 47.2. The van der Waals surface area contributed by atoms with Gasteiger partial charge in [-0.25, -0.2) is 9.59 Å². The third kappa shape index (κ3) is 5.59. The summed E-state index contributed by atoms with van der Waals surface area (Å²) >= 11 is 0. The van der Waals surface area contributed by atoms with E-state index in [4.69, 9.17) is 13.9 Å². The molecule has 1 amide bonds. The van der Waals surface area contributed by atoms with Gasteiger partial charge in [0.2, 0.25) is 5.88 Å². The number of aryl methyl sites for hydroxylation is 1. The monoisotopic (exact) mass is 351 g/mol.